The van der Waals surface area contributed by atoms with E-state index in [2.05, 4.69) is 25.9 Å². The van der Waals surface area contributed by atoms with Crippen LogP contribution in [0.1, 0.15) is 64.8 Å². The van der Waals surface area contributed by atoms with Gasteiger partial charge in [-0.3, -0.25) is 19.6 Å². The van der Waals surface area contributed by atoms with Gasteiger partial charge in [0.2, 0.25) is 11.8 Å². The lowest BCUT2D eigenvalue weighted by Crippen LogP contribution is -2.59. The van der Waals surface area contributed by atoms with Crippen LogP contribution in [0.15, 0.2) is 109 Å². The summed E-state index contributed by atoms with van der Waals surface area (Å²) in [5.41, 5.74) is 3.79. The maximum Gasteiger partial charge on any atom is 0.407 e. The van der Waals surface area contributed by atoms with E-state index in [0.29, 0.717) is 26.1 Å². The maximum atomic E-state index is 14.7. The van der Waals surface area contributed by atoms with E-state index in [4.69, 9.17) is 9.72 Å². The number of aliphatic hydroxyl groups is 1. The number of thiazole rings is 1. The summed E-state index contributed by atoms with van der Waals surface area (Å²) < 4.78 is 4.85. The van der Waals surface area contributed by atoms with E-state index in [1.807, 2.05) is 132 Å². The lowest BCUT2D eigenvalue weighted by Gasteiger charge is -2.38. The Hall–Kier alpha value is -6.19. The van der Waals surface area contributed by atoms with Gasteiger partial charge in [-0.05, 0) is 65.5 Å². The number of carbonyl (C=O) groups is 4. The van der Waals surface area contributed by atoms with Gasteiger partial charge in [-0.25, -0.2) is 14.6 Å². The van der Waals surface area contributed by atoms with Crippen LogP contribution in [0.25, 0.3) is 21.8 Å². The van der Waals surface area contributed by atoms with Crippen LogP contribution in [0.5, 0.6) is 0 Å². The molecule has 3 aromatic heterocycles. The summed E-state index contributed by atoms with van der Waals surface area (Å²) >= 11 is 1.49. The number of ether oxygens (including phenoxy) is 1. The number of rotatable bonds is 17. The Morgan fingerprint density at radius 1 is 0.797 bits per heavy atom. The Labute approximate surface area is 379 Å². The van der Waals surface area contributed by atoms with Gasteiger partial charge in [0.05, 0.1) is 37.2 Å². The quantitative estimate of drug-likeness (QED) is 0.0774. The fraction of sp³-hybridized carbons (Fsp3) is 0.408. The summed E-state index contributed by atoms with van der Waals surface area (Å²) in [5, 5.41) is 24.0. The lowest BCUT2D eigenvalue weighted by atomic mass is 9.84. The Balaban J connectivity index is 1.24. The Morgan fingerprint density at radius 3 is 2.16 bits per heavy atom. The third-order valence-electron chi connectivity index (χ3n) is 11.3. The predicted octanol–water partition coefficient (Wildman–Crippen LogP) is 6.90. The number of methoxy groups -OCH3 is 1. The van der Waals surface area contributed by atoms with Crippen molar-refractivity contribution in [3.05, 3.63) is 126 Å². The van der Waals surface area contributed by atoms with Crippen LogP contribution in [0.4, 0.5) is 9.59 Å². The molecule has 1 aliphatic heterocycles. The number of nitrogens with zero attached hydrogens (tertiary/aromatic N) is 5. The number of carbonyl (C=O) groups excluding carboxylic acids is 4. The lowest BCUT2D eigenvalue weighted by molar-refractivity contribution is -0.130. The molecule has 2 unspecified atom stereocenters. The van der Waals surface area contributed by atoms with Crippen LogP contribution in [0.3, 0.4) is 0 Å². The minimum absolute atomic E-state index is 0.0578. The van der Waals surface area contributed by atoms with Gasteiger partial charge in [-0.2, -0.15) is 0 Å². The summed E-state index contributed by atoms with van der Waals surface area (Å²) in [6, 6.07) is 23.4. The molecule has 0 bridgehead atoms. The molecular formula is C49H60N8O6S. The summed E-state index contributed by atoms with van der Waals surface area (Å²) in [4.78, 5) is 72.1. The second kappa shape index (κ2) is 21.0. The van der Waals surface area contributed by atoms with E-state index in [1.54, 1.807) is 28.4 Å². The van der Waals surface area contributed by atoms with Gasteiger partial charge in [0, 0.05) is 54.2 Å². The van der Waals surface area contributed by atoms with Gasteiger partial charge < -0.3 is 35.6 Å². The molecule has 338 valence electrons. The number of nitrogens with one attached hydrogen (secondary N) is 3. The number of aromatic nitrogens is 3. The van der Waals surface area contributed by atoms with Crippen molar-refractivity contribution in [2.75, 3.05) is 20.2 Å². The Morgan fingerprint density at radius 2 is 1.52 bits per heavy atom. The minimum Gasteiger partial charge on any atom is -0.453 e. The molecule has 0 aliphatic carbocycles. The first-order chi connectivity index (χ1) is 30.5. The molecule has 14 nitrogen and oxygen atoms in total. The molecule has 5 amide bonds. The number of pyridine rings is 2. The number of hydrogen-bond acceptors (Lipinski definition) is 10. The molecule has 2 aromatic carbocycles. The first kappa shape index (κ1) is 47.3. The van der Waals surface area contributed by atoms with Gasteiger partial charge in [-0.1, -0.05) is 102 Å². The number of urea groups is 1. The van der Waals surface area contributed by atoms with Crippen LogP contribution in [0.2, 0.25) is 0 Å². The predicted molar refractivity (Wildman–Crippen MR) is 248 cm³/mol. The number of hydrogen-bond donors (Lipinski definition) is 4. The minimum atomic E-state index is -1.17. The van der Waals surface area contributed by atoms with Crippen LogP contribution in [-0.4, -0.2) is 104 Å². The molecule has 0 spiro atoms. The largest absolute Gasteiger partial charge is 0.453 e. The molecule has 6 rings (SSSR count). The zero-order valence-electron chi connectivity index (χ0n) is 37.7. The second-order valence-corrected chi connectivity index (χ2v) is 19.3. The fourth-order valence-electron chi connectivity index (χ4n) is 8.02. The van der Waals surface area contributed by atoms with Gasteiger partial charge in [0.15, 0.2) is 0 Å². The Bertz CT molecular complexity index is 2320. The smallest absolute Gasteiger partial charge is 0.407 e. The molecule has 64 heavy (non-hydrogen) atoms. The van der Waals surface area contributed by atoms with E-state index in [1.165, 1.54) is 18.4 Å². The summed E-state index contributed by atoms with van der Waals surface area (Å²) in [6.07, 6.45) is 3.95. The third kappa shape index (κ3) is 12.5. The van der Waals surface area contributed by atoms with Crippen LogP contribution in [0, 0.1) is 10.8 Å². The molecule has 1 saturated heterocycles. The zero-order chi connectivity index (χ0) is 46.0. The van der Waals surface area contributed by atoms with E-state index < -0.39 is 53.1 Å². The standard InChI is InChI=1S/C49H60N8O6S/c1-48(2,3)41(55-46(61)63-7)43(59)54-39(27-33-18-20-34(21-19-33)38-17-11-12-23-51-38)40(58)28-36(26-32-14-9-8-10-15-32)52-44(60)42(49(4,5)6)57-25-24-56(47(57)62)30-37-31-64-45(53-37)35-16-13-22-50-29-35/h8-23,29,31,36,39-42,58H,24-28,30H2,1-7H3,(H,52,60)(H,54,59)(H,55,61)/t36-,39-,40-,41?,42?/m0/s1. The summed E-state index contributed by atoms with van der Waals surface area (Å²) in [7, 11) is 1.23. The third-order valence-corrected chi connectivity index (χ3v) is 12.2. The van der Waals surface area contributed by atoms with Crippen LogP contribution >= 0.6 is 11.3 Å². The van der Waals surface area contributed by atoms with Crippen molar-refractivity contribution in [1.82, 2.24) is 40.7 Å². The van der Waals surface area contributed by atoms with Crippen molar-refractivity contribution in [3.63, 3.8) is 0 Å². The van der Waals surface area contributed by atoms with Crippen LogP contribution in [-0.2, 0) is 33.7 Å². The van der Waals surface area contributed by atoms with Crippen molar-refractivity contribution < 1.29 is 29.0 Å². The first-order valence-corrected chi connectivity index (χ1v) is 22.5. The zero-order valence-corrected chi connectivity index (χ0v) is 38.5. The van der Waals surface area contributed by atoms with Gasteiger partial charge in [0.1, 0.15) is 17.1 Å². The highest BCUT2D eigenvalue weighted by Crippen LogP contribution is 2.30. The summed E-state index contributed by atoms with van der Waals surface area (Å²) in [6.45, 7) is 12.4. The number of aliphatic hydroxyl groups excluding tert-OH is 1. The van der Waals surface area contributed by atoms with Crippen molar-refractivity contribution in [1.29, 1.82) is 0 Å². The normalized spacial score (nSPS) is 15.5. The fourth-order valence-corrected chi connectivity index (χ4v) is 8.82. The summed E-state index contributed by atoms with van der Waals surface area (Å²) in [5.74, 6) is -0.837. The number of benzene rings is 2. The van der Waals surface area contributed by atoms with E-state index >= 15 is 0 Å². The molecule has 0 radical (unpaired) electrons. The van der Waals surface area contributed by atoms with E-state index in [9.17, 15) is 24.3 Å². The Kier molecular flexibility index (Phi) is 15.5. The highest BCUT2D eigenvalue weighted by atomic mass is 32.1. The maximum absolute atomic E-state index is 14.7. The first-order valence-electron chi connectivity index (χ1n) is 21.6. The van der Waals surface area contributed by atoms with Gasteiger partial charge in [-0.15, -0.1) is 11.3 Å². The SMILES string of the molecule is COC(=O)NC(C(=O)N[C@@H](Cc1ccc(-c2ccccn2)cc1)[C@@H](O)C[C@H](Cc1ccccc1)NC(=O)C(N1CCN(Cc2csc(-c3cccnc3)n2)C1=O)C(C)(C)C)C(C)(C)C. The number of amides is 5. The molecule has 0 saturated carbocycles. The molecule has 5 aromatic rings. The van der Waals surface area contributed by atoms with E-state index in [0.717, 1.165) is 38.6 Å². The van der Waals surface area contributed by atoms with E-state index in [-0.39, 0.29) is 24.8 Å². The van der Waals surface area contributed by atoms with Crippen molar-refractivity contribution in [2.24, 2.45) is 10.8 Å². The van der Waals surface area contributed by atoms with Gasteiger partial charge in [0.25, 0.3) is 0 Å². The molecule has 1 fully saturated rings. The average molecular weight is 889 g/mol. The monoisotopic (exact) mass is 888 g/mol. The molecule has 1 aliphatic rings. The molecular weight excluding hydrogens is 829 g/mol. The van der Waals surface area contributed by atoms with Crippen molar-refractivity contribution in [3.8, 4) is 21.8 Å². The second-order valence-electron chi connectivity index (χ2n) is 18.4. The highest BCUT2D eigenvalue weighted by Gasteiger charge is 2.44. The highest BCUT2D eigenvalue weighted by molar-refractivity contribution is 7.13. The van der Waals surface area contributed by atoms with Gasteiger partial charge >= 0.3 is 12.1 Å². The number of alkyl carbamates (subject to hydrolysis) is 1. The topological polar surface area (TPSA) is 179 Å². The molecule has 15 heteroatoms. The van der Waals surface area contributed by atoms with Crippen molar-refractivity contribution in [2.45, 2.75) is 97.6 Å². The van der Waals surface area contributed by atoms with Crippen LogP contribution < -0.4 is 16.0 Å². The molecule has 5 atom stereocenters. The van der Waals surface area contributed by atoms with Crippen molar-refractivity contribution >= 4 is 35.3 Å². The average Bonchev–Trinajstić information content (AvgIpc) is 3.88. The molecule has 4 N–H and O–H groups in total. The molecule has 4 heterocycles.